The van der Waals surface area contributed by atoms with Crippen LogP contribution in [0.3, 0.4) is 0 Å². The molecule has 0 saturated heterocycles. The van der Waals surface area contributed by atoms with Crippen molar-refractivity contribution in [1.29, 1.82) is 0 Å². The van der Waals surface area contributed by atoms with Gasteiger partial charge < -0.3 is 19.5 Å². The zero-order chi connectivity index (χ0) is 15.8. The molecule has 0 radical (unpaired) electrons. The normalized spacial score (nSPS) is 9.90. The number of esters is 1. The molecule has 0 aliphatic heterocycles. The maximum absolute atomic E-state index is 11.8. The standard InChI is InChI=1S/C14H18ClNO5/c1-4-21-14(18)6-5-13(17)16-10-7-9(15)11(19-2)8-12(10)20-3/h7-8H,4-6H2,1-3H3,(H,16,17). The third-order valence-electron chi connectivity index (χ3n) is 2.61. The number of nitrogens with one attached hydrogen (secondary N) is 1. The Hall–Kier alpha value is -1.95. The molecule has 0 heterocycles. The van der Waals surface area contributed by atoms with E-state index in [1.165, 1.54) is 20.3 Å². The van der Waals surface area contributed by atoms with Gasteiger partial charge in [0.1, 0.15) is 11.5 Å². The van der Waals surface area contributed by atoms with E-state index in [-0.39, 0.29) is 18.7 Å². The van der Waals surface area contributed by atoms with Gasteiger partial charge in [0.25, 0.3) is 0 Å². The smallest absolute Gasteiger partial charge is 0.306 e. The molecular weight excluding hydrogens is 298 g/mol. The Bertz CT molecular complexity index is 518. The van der Waals surface area contributed by atoms with Crippen LogP contribution >= 0.6 is 11.6 Å². The van der Waals surface area contributed by atoms with Gasteiger partial charge in [0.2, 0.25) is 5.91 Å². The summed E-state index contributed by atoms with van der Waals surface area (Å²) in [6.07, 6.45) is 0.0392. The maximum atomic E-state index is 11.8. The van der Waals surface area contributed by atoms with E-state index in [1.807, 2.05) is 0 Å². The Labute approximate surface area is 128 Å². The fourth-order valence-electron chi connectivity index (χ4n) is 1.62. The highest BCUT2D eigenvalue weighted by Crippen LogP contribution is 2.35. The topological polar surface area (TPSA) is 73.9 Å². The van der Waals surface area contributed by atoms with E-state index in [0.29, 0.717) is 28.8 Å². The van der Waals surface area contributed by atoms with Gasteiger partial charge in [-0.1, -0.05) is 11.6 Å². The Morgan fingerprint density at radius 1 is 1.14 bits per heavy atom. The monoisotopic (exact) mass is 315 g/mol. The van der Waals surface area contributed by atoms with Crippen molar-refractivity contribution in [2.45, 2.75) is 19.8 Å². The van der Waals surface area contributed by atoms with Crippen molar-refractivity contribution >= 4 is 29.2 Å². The number of rotatable bonds is 7. The van der Waals surface area contributed by atoms with Crippen LogP contribution in [-0.4, -0.2) is 32.7 Å². The van der Waals surface area contributed by atoms with Crippen LogP contribution in [0, 0.1) is 0 Å². The molecule has 0 saturated carbocycles. The number of amides is 1. The fourth-order valence-corrected chi connectivity index (χ4v) is 1.86. The second-order valence-electron chi connectivity index (χ2n) is 4.04. The molecule has 0 atom stereocenters. The molecule has 21 heavy (non-hydrogen) atoms. The summed E-state index contributed by atoms with van der Waals surface area (Å²) in [6.45, 7) is 2.00. The van der Waals surface area contributed by atoms with E-state index >= 15 is 0 Å². The maximum Gasteiger partial charge on any atom is 0.306 e. The predicted molar refractivity (Wildman–Crippen MR) is 79.1 cm³/mol. The molecule has 1 amide bonds. The van der Waals surface area contributed by atoms with Gasteiger partial charge in [0.05, 0.1) is 38.0 Å². The SMILES string of the molecule is CCOC(=O)CCC(=O)Nc1cc(Cl)c(OC)cc1OC. The largest absolute Gasteiger partial charge is 0.495 e. The summed E-state index contributed by atoms with van der Waals surface area (Å²) in [7, 11) is 2.95. The lowest BCUT2D eigenvalue weighted by molar-refractivity contribution is -0.144. The van der Waals surface area contributed by atoms with Crippen LogP contribution in [0.15, 0.2) is 12.1 Å². The van der Waals surface area contributed by atoms with Gasteiger partial charge in [0, 0.05) is 12.5 Å². The highest BCUT2D eigenvalue weighted by atomic mass is 35.5. The number of carbonyl (C=O) groups excluding carboxylic acids is 2. The molecule has 0 fully saturated rings. The first-order chi connectivity index (χ1) is 10.0. The summed E-state index contributed by atoms with van der Waals surface area (Å²) >= 11 is 6.00. The fraction of sp³-hybridized carbons (Fsp3) is 0.429. The molecule has 1 N–H and O–H groups in total. The molecule has 1 aromatic rings. The minimum absolute atomic E-state index is 0.0195. The summed E-state index contributed by atoms with van der Waals surface area (Å²) < 4.78 is 15.0. The summed E-state index contributed by atoms with van der Waals surface area (Å²) in [5.74, 6) is 0.119. The van der Waals surface area contributed by atoms with Gasteiger partial charge in [-0.15, -0.1) is 0 Å². The van der Waals surface area contributed by atoms with E-state index in [1.54, 1.807) is 13.0 Å². The number of ether oxygens (including phenoxy) is 3. The average Bonchev–Trinajstić information content (AvgIpc) is 2.46. The summed E-state index contributed by atoms with van der Waals surface area (Å²) in [5.41, 5.74) is 0.414. The number of benzene rings is 1. The minimum atomic E-state index is -0.410. The molecule has 1 rings (SSSR count). The first-order valence-corrected chi connectivity index (χ1v) is 6.76. The Morgan fingerprint density at radius 2 is 1.81 bits per heavy atom. The van der Waals surface area contributed by atoms with Crippen LogP contribution in [0.2, 0.25) is 5.02 Å². The van der Waals surface area contributed by atoms with Crippen LogP contribution in [0.25, 0.3) is 0 Å². The van der Waals surface area contributed by atoms with Crippen LogP contribution < -0.4 is 14.8 Å². The second-order valence-corrected chi connectivity index (χ2v) is 4.45. The van der Waals surface area contributed by atoms with E-state index in [0.717, 1.165) is 0 Å². The Kier molecular flexibility index (Phi) is 6.81. The highest BCUT2D eigenvalue weighted by molar-refractivity contribution is 6.32. The lowest BCUT2D eigenvalue weighted by Gasteiger charge is -2.13. The number of anilines is 1. The van der Waals surface area contributed by atoms with Crippen molar-refractivity contribution < 1.29 is 23.8 Å². The molecule has 7 heteroatoms. The van der Waals surface area contributed by atoms with E-state index in [4.69, 9.17) is 25.8 Å². The number of methoxy groups -OCH3 is 2. The van der Waals surface area contributed by atoms with Gasteiger partial charge in [-0.25, -0.2) is 0 Å². The van der Waals surface area contributed by atoms with Crippen molar-refractivity contribution in [2.75, 3.05) is 26.1 Å². The van der Waals surface area contributed by atoms with E-state index in [9.17, 15) is 9.59 Å². The molecular formula is C14H18ClNO5. The van der Waals surface area contributed by atoms with Crippen molar-refractivity contribution in [3.05, 3.63) is 17.2 Å². The van der Waals surface area contributed by atoms with E-state index < -0.39 is 5.97 Å². The summed E-state index contributed by atoms with van der Waals surface area (Å²) in [4.78, 5) is 23.0. The molecule has 6 nitrogen and oxygen atoms in total. The summed E-state index contributed by atoms with van der Waals surface area (Å²) in [6, 6.07) is 3.10. The lowest BCUT2D eigenvalue weighted by Crippen LogP contribution is -2.15. The van der Waals surface area contributed by atoms with Crippen LogP contribution in [0.1, 0.15) is 19.8 Å². The minimum Gasteiger partial charge on any atom is -0.495 e. The molecule has 0 aliphatic rings. The van der Waals surface area contributed by atoms with Crippen LogP contribution in [0.4, 0.5) is 5.69 Å². The van der Waals surface area contributed by atoms with Crippen LogP contribution in [0.5, 0.6) is 11.5 Å². The molecule has 0 spiro atoms. The van der Waals surface area contributed by atoms with Gasteiger partial charge in [-0.05, 0) is 13.0 Å². The molecule has 116 valence electrons. The quantitative estimate of drug-likeness (QED) is 0.783. The number of hydrogen-bond acceptors (Lipinski definition) is 5. The van der Waals surface area contributed by atoms with Gasteiger partial charge in [-0.3, -0.25) is 9.59 Å². The Morgan fingerprint density at radius 3 is 2.38 bits per heavy atom. The lowest BCUT2D eigenvalue weighted by atomic mass is 10.2. The van der Waals surface area contributed by atoms with Crippen LogP contribution in [-0.2, 0) is 14.3 Å². The van der Waals surface area contributed by atoms with Crippen molar-refractivity contribution in [1.82, 2.24) is 0 Å². The van der Waals surface area contributed by atoms with Gasteiger partial charge in [-0.2, -0.15) is 0 Å². The second kappa shape index (κ2) is 8.36. The highest BCUT2D eigenvalue weighted by Gasteiger charge is 2.13. The molecule has 0 bridgehead atoms. The van der Waals surface area contributed by atoms with Crippen molar-refractivity contribution in [2.24, 2.45) is 0 Å². The third-order valence-corrected chi connectivity index (χ3v) is 2.90. The number of carbonyl (C=O) groups is 2. The number of hydrogen-bond donors (Lipinski definition) is 1. The molecule has 1 aromatic carbocycles. The molecule has 0 unspecified atom stereocenters. The van der Waals surface area contributed by atoms with Crippen molar-refractivity contribution in [3.63, 3.8) is 0 Å². The first-order valence-electron chi connectivity index (χ1n) is 6.38. The van der Waals surface area contributed by atoms with Gasteiger partial charge in [0.15, 0.2) is 0 Å². The third kappa shape index (κ3) is 5.15. The molecule has 0 aliphatic carbocycles. The average molecular weight is 316 g/mol. The van der Waals surface area contributed by atoms with Crippen molar-refractivity contribution in [3.8, 4) is 11.5 Å². The first kappa shape index (κ1) is 17.1. The zero-order valence-electron chi connectivity index (χ0n) is 12.2. The predicted octanol–water partition coefficient (Wildman–Crippen LogP) is 2.64. The summed E-state index contributed by atoms with van der Waals surface area (Å²) in [5, 5.41) is 2.99. The zero-order valence-corrected chi connectivity index (χ0v) is 13.0. The van der Waals surface area contributed by atoms with Gasteiger partial charge >= 0.3 is 5.97 Å². The number of halogens is 1. The molecule has 0 aromatic heterocycles. The van der Waals surface area contributed by atoms with E-state index in [2.05, 4.69) is 5.32 Å². The Balaban J connectivity index is 2.71.